The molecule has 0 saturated heterocycles. The quantitative estimate of drug-likeness (QED) is 0.341. The van der Waals surface area contributed by atoms with E-state index in [1.807, 2.05) is 12.1 Å². The Morgan fingerprint density at radius 2 is 0.760 bits per heavy atom. The summed E-state index contributed by atoms with van der Waals surface area (Å²) < 4.78 is 1.13. The highest BCUT2D eigenvalue weighted by atomic mass is 16.5. The monoisotopic (exact) mass is 322 g/mol. The topological polar surface area (TPSA) is 24.1 Å². The SMILES string of the molecule is O[n+]1ccc2/c(c1)=c1/cccc/c1=c1\cccc\c1=c1/cccc/c1=2. The normalized spacial score (nSPS) is 17.1. The molecule has 1 aliphatic carbocycles. The predicted octanol–water partition coefficient (Wildman–Crippen LogP) is 3.67. The van der Waals surface area contributed by atoms with E-state index in [1.54, 1.807) is 12.4 Å². The maximum Gasteiger partial charge on any atom is 0.230 e. The smallest absolute Gasteiger partial charge is 0.230 e. The molecule has 0 aliphatic heterocycles. The van der Waals surface area contributed by atoms with Gasteiger partial charge in [0.1, 0.15) is 0 Å². The zero-order valence-corrected chi connectivity index (χ0v) is 13.6. The van der Waals surface area contributed by atoms with Crippen molar-refractivity contribution >= 4 is 0 Å². The third-order valence-corrected chi connectivity index (χ3v) is 4.89. The lowest BCUT2D eigenvalue weighted by Gasteiger charge is -2.01. The minimum atomic E-state index is 1.03. The van der Waals surface area contributed by atoms with Gasteiger partial charge < -0.3 is 0 Å². The molecule has 118 valence electrons. The van der Waals surface area contributed by atoms with E-state index in [2.05, 4.69) is 66.7 Å². The van der Waals surface area contributed by atoms with Crippen molar-refractivity contribution in [2.24, 2.45) is 0 Å². The molecular weight excluding hydrogens is 306 g/mol. The highest BCUT2D eigenvalue weighted by molar-refractivity contribution is 5.28. The molecule has 25 heavy (non-hydrogen) atoms. The van der Waals surface area contributed by atoms with Gasteiger partial charge in [0.25, 0.3) is 0 Å². The second-order valence-corrected chi connectivity index (χ2v) is 6.29. The van der Waals surface area contributed by atoms with E-state index in [0.717, 1.165) is 20.4 Å². The van der Waals surface area contributed by atoms with E-state index in [1.165, 1.54) is 26.1 Å². The maximum atomic E-state index is 10.0. The fraction of sp³-hybridized carbons (Fsp3) is 0. The summed E-state index contributed by atoms with van der Waals surface area (Å²) in [6, 6.07) is 27.4. The Hall–Kier alpha value is -3.39. The van der Waals surface area contributed by atoms with Gasteiger partial charge in [-0.15, -0.1) is 0 Å². The Bertz CT molecular complexity index is 1500. The van der Waals surface area contributed by atoms with Crippen LogP contribution in [0.5, 0.6) is 0 Å². The molecule has 1 aliphatic rings. The molecule has 0 saturated carbocycles. The van der Waals surface area contributed by atoms with Gasteiger partial charge >= 0.3 is 0 Å². The average molecular weight is 322 g/mol. The summed E-state index contributed by atoms with van der Waals surface area (Å²) in [7, 11) is 0. The van der Waals surface area contributed by atoms with Gasteiger partial charge in [0.2, 0.25) is 12.4 Å². The van der Waals surface area contributed by atoms with Crippen molar-refractivity contribution in [3.8, 4) is 0 Å². The van der Waals surface area contributed by atoms with Crippen LogP contribution >= 0.6 is 0 Å². The van der Waals surface area contributed by atoms with Crippen molar-refractivity contribution in [2.45, 2.75) is 0 Å². The first-order valence-corrected chi connectivity index (χ1v) is 8.36. The Kier molecular flexibility index (Phi) is 2.98. The van der Waals surface area contributed by atoms with E-state index >= 15 is 0 Å². The molecule has 0 bridgehead atoms. The summed E-state index contributed by atoms with van der Waals surface area (Å²) in [6.45, 7) is 0. The van der Waals surface area contributed by atoms with Crippen LogP contribution in [-0.4, -0.2) is 5.21 Å². The van der Waals surface area contributed by atoms with Crippen LogP contribution in [0.2, 0.25) is 0 Å². The highest BCUT2D eigenvalue weighted by Crippen LogP contribution is 2.11. The first kappa shape index (κ1) is 14.0. The van der Waals surface area contributed by atoms with E-state index in [-0.39, 0.29) is 0 Å². The minimum absolute atomic E-state index is 1.03. The van der Waals surface area contributed by atoms with Crippen molar-refractivity contribution in [3.63, 3.8) is 0 Å². The van der Waals surface area contributed by atoms with Gasteiger partial charge in [-0.05, 0) is 31.3 Å². The lowest BCUT2D eigenvalue weighted by atomic mass is 10.0. The molecule has 0 fully saturated rings. The number of fused-ring (bicyclic) bond motifs is 4. The van der Waals surface area contributed by atoms with Crippen LogP contribution in [-0.2, 0) is 0 Å². The first-order valence-electron chi connectivity index (χ1n) is 8.36. The first-order chi connectivity index (χ1) is 12.3. The number of hydrogen-bond acceptors (Lipinski definition) is 1. The van der Waals surface area contributed by atoms with Gasteiger partial charge in [-0.2, -0.15) is 0 Å². The summed E-state index contributed by atoms with van der Waals surface area (Å²) in [6.07, 6.45) is 3.48. The van der Waals surface area contributed by atoms with Crippen LogP contribution in [0.4, 0.5) is 0 Å². The lowest BCUT2D eigenvalue weighted by molar-refractivity contribution is -0.905. The van der Waals surface area contributed by atoms with Gasteiger partial charge in [-0.1, -0.05) is 72.8 Å². The molecule has 4 aromatic rings. The van der Waals surface area contributed by atoms with Crippen LogP contribution in [0, 0.1) is 41.7 Å². The molecule has 0 atom stereocenters. The third kappa shape index (κ3) is 2.08. The van der Waals surface area contributed by atoms with Crippen molar-refractivity contribution in [1.82, 2.24) is 0 Å². The fourth-order valence-corrected chi connectivity index (χ4v) is 3.79. The second-order valence-electron chi connectivity index (χ2n) is 6.29. The number of aromatic nitrogens is 1. The average Bonchev–Trinajstić information content (AvgIpc) is 2.67. The van der Waals surface area contributed by atoms with Crippen molar-refractivity contribution in [3.05, 3.63) is 133 Å². The van der Waals surface area contributed by atoms with Crippen LogP contribution in [0.15, 0.2) is 91.3 Å². The van der Waals surface area contributed by atoms with Crippen molar-refractivity contribution in [2.75, 3.05) is 0 Å². The summed E-state index contributed by atoms with van der Waals surface area (Å²) in [5, 5.41) is 19.3. The summed E-state index contributed by atoms with van der Waals surface area (Å²) in [5.74, 6) is 0. The van der Waals surface area contributed by atoms with E-state index in [0.29, 0.717) is 0 Å². The minimum Gasteiger partial charge on any atom is -0.285 e. The number of pyridine rings is 1. The Morgan fingerprint density at radius 3 is 1.16 bits per heavy atom. The third-order valence-electron chi connectivity index (χ3n) is 4.89. The standard InChI is InChI=1S/C23H16NO/c25-24-14-13-22-20-11-4-3-9-18(20)16-7-1-2-8-17(16)19-10-5-6-12-21(19)23(22)15-24/h1-15,25H/q+1/b18-16-,19-17-,22-20-,23-21-. The van der Waals surface area contributed by atoms with E-state index in [9.17, 15) is 5.21 Å². The maximum absolute atomic E-state index is 10.0. The van der Waals surface area contributed by atoms with E-state index in [4.69, 9.17) is 0 Å². The number of rotatable bonds is 0. The highest BCUT2D eigenvalue weighted by Gasteiger charge is 2.03. The lowest BCUT2D eigenvalue weighted by Crippen LogP contribution is -2.28. The van der Waals surface area contributed by atoms with Crippen molar-refractivity contribution in [1.29, 1.82) is 0 Å². The Labute approximate surface area is 143 Å². The molecule has 2 nitrogen and oxygen atoms in total. The molecule has 0 unspecified atom stereocenters. The zero-order chi connectivity index (χ0) is 16.8. The number of hydrogen-bond donors (Lipinski definition) is 1. The Balaban J connectivity index is 2.46. The molecule has 0 radical (unpaired) electrons. The van der Waals surface area contributed by atoms with Gasteiger partial charge in [0.05, 0.1) is 5.22 Å². The van der Waals surface area contributed by atoms with Crippen molar-refractivity contribution < 1.29 is 9.94 Å². The van der Waals surface area contributed by atoms with Crippen LogP contribution in [0.3, 0.4) is 0 Å². The molecular formula is C23H16NO+. The molecule has 2 heteroatoms. The molecule has 0 amide bonds. The number of nitrogens with zero attached hydrogens (tertiary/aromatic N) is 1. The molecule has 1 N–H and O–H groups in total. The fourth-order valence-electron chi connectivity index (χ4n) is 3.79. The molecule has 3 aromatic carbocycles. The molecule has 5 rings (SSSR count). The molecule has 0 spiro atoms. The van der Waals surface area contributed by atoms with Gasteiger partial charge in [0, 0.05) is 16.0 Å². The summed E-state index contributed by atoms with van der Waals surface area (Å²) in [4.78, 5) is 0. The van der Waals surface area contributed by atoms with Gasteiger partial charge in [-0.25, -0.2) is 0 Å². The Morgan fingerprint density at radius 1 is 0.440 bits per heavy atom. The van der Waals surface area contributed by atoms with Gasteiger partial charge in [-0.3, -0.25) is 5.21 Å². The predicted molar refractivity (Wildman–Crippen MR) is 93.8 cm³/mol. The molecule has 1 heterocycles. The summed E-state index contributed by atoms with van der Waals surface area (Å²) >= 11 is 0. The van der Waals surface area contributed by atoms with Crippen LogP contribution in [0.1, 0.15) is 0 Å². The second kappa shape index (κ2) is 5.32. The van der Waals surface area contributed by atoms with E-state index < -0.39 is 0 Å². The van der Waals surface area contributed by atoms with Gasteiger partial charge in [0.15, 0.2) is 0 Å². The molecule has 1 aromatic heterocycles. The number of benzene rings is 3. The largest absolute Gasteiger partial charge is 0.285 e. The summed E-state index contributed by atoms with van der Waals surface area (Å²) in [5.41, 5.74) is 0. The van der Waals surface area contributed by atoms with Crippen LogP contribution in [0.25, 0.3) is 0 Å². The zero-order valence-electron chi connectivity index (χ0n) is 13.6. The van der Waals surface area contributed by atoms with Crippen LogP contribution < -0.4 is 4.73 Å².